The number of carbonyl (C=O) groups excluding carboxylic acids is 1. The summed E-state index contributed by atoms with van der Waals surface area (Å²) in [6.45, 7) is 0.898. The third kappa shape index (κ3) is 2.67. The molecule has 2 aromatic rings. The van der Waals surface area contributed by atoms with E-state index in [-0.39, 0.29) is 11.7 Å². The number of methoxy groups -OCH3 is 1. The molecule has 0 saturated heterocycles. The fourth-order valence-corrected chi connectivity index (χ4v) is 2.37. The average molecular weight is 286 g/mol. The Morgan fingerprint density at radius 2 is 2.14 bits per heavy atom. The number of anilines is 2. The molecule has 21 heavy (non-hydrogen) atoms. The first-order chi connectivity index (χ1) is 10.2. The summed E-state index contributed by atoms with van der Waals surface area (Å²) in [5.74, 6) is -0.596. The van der Waals surface area contributed by atoms with Crippen molar-refractivity contribution in [3.05, 3.63) is 53.3 Å². The third-order valence-electron chi connectivity index (χ3n) is 3.49. The van der Waals surface area contributed by atoms with E-state index in [1.54, 1.807) is 6.07 Å². The Hall–Kier alpha value is -2.56. The Balaban J connectivity index is 1.80. The van der Waals surface area contributed by atoms with Crippen molar-refractivity contribution in [2.75, 3.05) is 24.3 Å². The SMILES string of the molecule is COc1cc(NC(=O)c2ccc3c(c2)NCC3)ccc1F. The van der Waals surface area contributed by atoms with Gasteiger partial charge in [0.05, 0.1) is 7.11 Å². The lowest BCUT2D eigenvalue weighted by Gasteiger charge is -2.09. The summed E-state index contributed by atoms with van der Waals surface area (Å²) in [6.07, 6.45) is 0.979. The van der Waals surface area contributed by atoms with E-state index in [4.69, 9.17) is 4.74 Å². The zero-order valence-corrected chi connectivity index (χ0v) is 11.6. The highest BCUT2D eigenvalue weighted by molar-refractivity contribution is 6.05. The molecule has 0 aliphatic carbocycles. The van der Waals surface area contributed by atoms with Crippen LogP contribution in [0.3, 0.4) is 0 Å². The molecule has 3 rings (SSSR count). The van der Waals surface area contributed by atoms with E-state index in [1.165, 1.54) is 30.9 Å². The van der Waals surface area contributed by atoms with Gasteiger partial charge < -0.3 is 15.4 Å². The largest absolute Gasteiger partial charge is 0.494 e. The van der Waals surface area contributed by atoms with Gasteiger partial charge in [0.2, 0.25) is 0 Å². The Labute approximate surface area is 121 Å². The number of hydrogen-bond acceptors (Lipinski definition) is 3. The topological polar surface area (TPSA) is 50.4 Å². The van der Waals surface area contributed by atoms with Crippen molar-refractivity contribution in [1.29, 1.82) is 0 Å². The third-order valence-corrected chi connectivity index (χ3v) is 3.49. The number of ether oxygens (including phenoxy) is 1. The van der Waals surface area contributed by atoms with Crippen LogP contribution in [0.5, 0.6) is 5.75 Å². The molecule has 0 atom stereocenters. The summed E-state index contributed by atoms with van der Waals surface area (Å²) in [4.78, 5) is 12.2. The van der Waals surface area contributed by atoms with Crippen LogP contribution >= 0.6 is 0 Å². The van der Waals surface area contributed by atoms with Crippen LogP contribution in [0.15, 0.2) is 36.4 Å². The number of carbonyl (C=O) groups is 1. The van der Waals surface area contributed by atoms with E-state index in [0.717, 1.165) is 18.7 Å². The van der Waals surface area contributed by atoms with Crippen molar-refractivity contribution in [3.63, 3.8) is 0 Å². The molecular formula is C16H15FN2O2. The van der Waals surface area contributed by atoms with Crippen molar-refractivity contribution in [2.24, 2.45) is 0 Å². The lowest BCUT2D eigenvalue weighted by Crippen LogP contribution is -2.12. The molecule has 0 spiro atoms. The molecule has 0 unspecified atom stereocenters. The Kier molecular flexibility index (Phi) is 3.48. The van der Waals surface area contributed by atoms with Gasteiger partial charge in [-0.25, -0.2) is 4.39 Å². The molecular weight excluding hydrogens is 271 g/mol. The van der Waals surface area contributed by atoms with Gasteiger partial charge in [-0.05, 0) is 36.2 Å². The summed E-state index contributed by atoms with van der Waals surface area (Å²) in [6, 6.07) is 9.80. The van der Waals surface area contributed by atoms with Crippen molar-refractivity contribution < 1.29 is 13.9 Å². The second-order valence-corrected chi connectivity index (χ2v) is 4.85. The van der Waals surface area contributed by atoms with Crippen molar-refractivity contribution in [3.8, 4) is 5.75 Å². The Morgan fingerprint density at radius 1 is 1.29 bits per heavy atom. The van der Waals surface area contributed by atoms with Gasteiger partial charge >= 0.3 is 0 Å². The monoisotopic (exact) mass is 286 g/mol. The number of hydrogen-bond donors (Lipinski definition) is 2. The minimum atomic E-state index is -0.461. The van der Waals surface area contributed by atoms with Crippen molar-refractivity contribution in [2.45, 2.75) is 6.42 Å². The highest BCUT2D eigenvalue weighted by Gasteiger charge is 2.14. The van der Waals surface area contributed by atoms with Crippen LogP contribution in [0.2, 0.25) is 0 Å². The maximum Gasteiger partial charge on any atom is 0.255 e. The standard InChI is InChI=1S/C16H15FN2O2/c1-21-15-9-12(4-5-13(15)17)19-16(20)11-3-2-10-6-7-18-14(10)8-11/h2-5,8-9,18H,6-7H2,1H3,(H,19,20). The van der Waals surface area contributed by atoms with E-state index >= 15 is 0 Å². The van der Waals surface area contributed by atoms with Crippen LogP contribution in [0.25, 0.3) is 0 Å². The highest BCUT2D eigenvalue weighted by atomic mass is 19.1. The molecule has 0 saturated carbocycles. The average Bonchev–Trinajstić information content (AvgIpc) is 2.96. The molecule has 1 amide bonds. The summed E-state index contributed by atoms with van der Waals surface area (Å²) in [5.41, 5.74) is 3.27. The maximum atomic E-state index is 13.3. The first kappa shape index (κ1) is 13.4. The molecule has 4 nitrogen and oxygen atoms in total. The van der Waals surface area contributed by atoms with Gasteiger partial charge in [0.15, 0.2) is 11.6 Å². The molecule has 0 radical (unpaired) electrons. The highest BCUT2D eigenvalue weighted by Crippen LogP contribution is 2.25. The number of halogens is 1. The fraction of sp³-hybridized carbons (Fsp3) is 0.188. The second-order valence-electron chi connectivity index (χ2n) is 4.85. The van der Waals surface area contributed by atoms with Crippen molar-refractivity contribution >= 4 is 17.3 Å². The van der Waals surface area contributed by atoms with Crippen LogP contribution in [0.4, 0.5) is 15.8 Å². The lowest BCUT2D eigenvalue weighted by molar-refractivity contribution is 0.102. The first-order valence-electron chi connectivity index (χ1n) is 6.69. The number of nitrogens with one attached hydrogen (secondary N) is 2. The van der Waals surface area contributed by atoms with Crippen LogP contribution in [0.1, 0.15) is 15.9 Å². The summed E-state index contributed by atoms with van der Waals surface area (Å²) in [7, 11) is 1.39. The van der Waals surface area contributed by atoms with Gasteiger partial charge in [-0.2, -0.15) is 0 Å². The smallest absolute Gasteiger partial charge is 0.255 e. The first-order valence-corrected chi connectivity index (χ1v) is 6.69. The predicted molar refractivity (Wildman–Crippen MR) is 79.5 cm³/mol. The molecule has 0 fully saturated rings. The van der Waals surface area contributed by atoms with E-state index in [2.05, 4.69) is 10.6 Å². The van der Waals surface area contributed by atoms with Crippen LogP contribution in [-0.4, -0.2) is 19.6 Å². The van der Waals surface area contributed by atoms with Crippen LogP contribution in [-0.2, 0) is 6.42 Å². The normalized spacial score (nSPS) is 12.5. The molecule has 2 aromatic carbocycles. The van der Waals surface area contributed by atoms with Gasteiger partial charge in [-0.15, -0.1) is 0 Å². The summed E-state index contributed by atoms with van der Waals surface area (Å²) in [5, 5.41) is 5.97. The van der Waals surface area contributed by atoms with E-state index in [0.29, 0.717) is 11.3 Å². The van der Waals surface area contributed by atoms with Gasteiger partial charge in [0, 0.05) is 29.5 Å². The second kappa shape index (κ2) is 5.44. The molecule has 2 N–H and O–H groups in total. The molecule has 0 bridgehead atoms. The Morgan fingerprint density at radius 3 is 2.95 bits per heavy atom. The van der Waals surface area contributed by atoms with E-state index in [1.807, 2.05) is 12.1 Å². The van der Waals surface area contributed by atoms with E-state index in [9.17, 15) is 9.18 Å². The van der Waals surface area contributed by atoms with Gasteiger partial charge in [0.25, 0.3) is 5.91 Å². The molecule has 5 heteroatoms. The molecule has 108 valence electrons. The quantitative estimate of drug-likeness (QED) is 0.911. The van der Waals surface area contributed by atoms with Gasteiger partial charge in [-0.3, -0.25) is 4.79 Å². The number of rotatable bonds is 3. The zero-order valence-electron chi connectivity index (χ0n) is 11.6. The van der Waals surface area contributed by atoms with Gasteiger partial charge in [0.1, 0.15) is 0 Å². The van der Waals surface area contributed by atoms with Gasteiger partial charge in [-0.1, -0.05) is 6.07 Å². The van der Waals surface area contributed by atoms with Crippen LogP contribution in [0, 0.1) is 5.82 Å². The number of amides is 1. The van der Waals surface area contributed by atoms with Crippen LogP contribution < -0.4 is 15.4 Å². The predicted octanol–water partition coefficient (Wildman–Crippen LogP) is 3.05. The fourth-order valence-electron chi connectivity index (χ4n) is 2.37. The molecule has 1 heterocycles. The zero-order chi connectivity index (χ0) is 14.8. The molecule has 1 aliphatic heterocycles. The molecule has 0 aromatic heterocycles. The minimum Gasteiger partial charge on any atom is -0.494 e. The minimum absolute atomic E-state index is 0.100. The molecule has 1 aliphatic rings. The number of fused-ring (bicyclic) bond motifs is 1. The summed E-state index contributed by atoms with van der Waals surface area (Å²) < 4.78 is 18.2. The Bertz CT molecular complexity index is 701. The maximum absolute atomic E-state index is 13.3. The van der Waals surface area contributed by atoms with E-state index < -0.39 is 5.82 Å². The number of benzene rings is 2. The van der Waals surface area contributed by atoms with Crippen molar-refractivity contribution in [1.82, 2.24) is 0 Å². The lowest BCUT2D eigenvalue weighted by atomic mass is 10.1. The summed E-state index contributed by atoms with van der Waals surface area (Å²) >= 11 is 0.